The van der Waals surface area contributed by atoms with Gasteiger partial charge in [0.15, 0.2) is 11.3 Å². The first-order valence-electron chi connectivity index (χ1n) is 9.05. The molecule has 148 valence electrons. The Bertz CT molecular complexity index is 672. The van der Waals surface area contributed by atoms with Gasteiger partial charge in [0.2, 0.25) is 0 Å². The van der Waals surface area contributed by atoms with Crippen molar-refractivity contribution in [2.75, 3.05) is 19.7 Å². The number of thioether (sulfide) groups is 1. The molecule has 3 rings (SSSR count). The van der Waals surface area contributed by atoms with Crippen LogP contribution in [0.5, 0.6) is 0 Å². The second-order valence-corrected chi connectivity index (χ2v) is 9.17. The van der Waals surface area contributed by atoms with Crippen LogP contribution < -0.4 is 5.46 Å². The normalized spacial score (nSPS) is 25.0. The minimum absolute atomic E-state index is 0.155. The van der Waals surface area contributed by atoms with Gasteiger partial charge in [-0.1, -0.05) is 11.8 Å². The highest BCUT2D eigenvalue weighted by Gasteiger charge is 2.52. The number of amides is 1. The van der Waals surface area contributed by atoms with Gasteiger partial charge in [0, 0.05) is 36.2 Å². The molecule has 1 aromatic heterocycles. The van der Waals surface area contributed by atoms with Crippen LogP contribution in [0.15, 0.2) is 17.6 Å². The van der Waals surface area contributed by atoms with Crippen molar-refractivity contribution in [3.63, 3.8) is 0 Å². The molecule has 2 saturated heterocycles. The van der Waals surface area contributed by atoms with Gasteiger partial charge < -0.3 is 24.4 Å². The molecule has 2 aliphatic heterocycles. The number of aliphatic hydroxyl groups is 2. The molecule has 8 nitrogen and oxygen atoms in total. The Morgan fingerprint density at radius 3 is 2.48 bits per heavy atom. The van der Waals surface area contributed by atoms with Crippen LogP contribution >= 0.6 is 11.8 Å². The molecule has 0 bridgehead atoms. The van der Waals surface area contributed by atoms with Crippen LogP contribution in [0.25, 0.3) is 0 Å². The van der Waals surface area contributed by atoms with E-state index in [4.69, 9.17) is 14.4 Å². The van der Waals surface area contributed by atoms with E-state index in [1.807, 2.05) is 27.7 Å². The SMILES string of the molecule is CC1(C)OB(c2cnc(S[C@H]3CCN(C(=O)C(O)CO)C3)nc2)OC1(C)C. The van der Waals surface area contributed by atoms with Crippen molar-refractivity contribution in [1.29, 1.82) is 0 Å². The molecule has 10 heteroatoms. The Hall–Kier alpha value is -1.20. The highest BCUT2D eigenvalue weighted by molar-refractivity contribution is 7.99. The predicted octanol–water partition coefficient (Wildman–Crippen LogP) is -0.178. The summed E-state index contributed by atoms with van der Waals surface area (Å²) in [6.45, 7) is 8.49. The average Bonchev–Trinajstić information content (AvgIpc) is 3.16. The standard InChI is InChI=1S/C17H26BN3O5S/c1-16(2)17(3,4)26-18(25-16)11-7-19-15(20-8-11)27-12-5-6-21(9-12)14(24)13(23)10-22/h7-8,12-13,22-23H,5-6,9-10H2,1-4H3/t12-,13?/m0/s1. The molecule has 2 N–H and O–H groups in total. The molecule has 2 fully saturated rings. The molecule has 2 atom stereocenters. The molecular formula is C17H26BN3O5S. The summed E-state index contributed by atoms with van der Waals surface area (Å²) in [6, 6.07) is 0. The number of nitrogens with zero attached hydrogens (tertiary/aromatic N) is 3. The lowest BCUT2D eigenvalue weighted by Crippen LogP contribution is -2.41. The van der Waals surface area contributed by atoms with Gasteiger partial charge in [-0.25, -0.2) is 9.97 Å². The molecule has 0 aliphatic carbocycles. The summed E-state index contributed by atoms with van der Waals surface area (Å²) in [5, 5.41) is 19.2. The maximum absolute atomic E-state index is 11.9. The van der Waals surface area contributed by atoms with Crippen molar-refractivity contribution in [3.8, 4) is 0 Å². The monoisotopic (exact) mass is 395 g/mol. The molecule has 1 unspecified atom stereocenters. The lowest BCUT2D eigenvalue weighted by atomic mass is 9.81. The van der Waals surface area contributed by atoms with E-state index in [1.165, 1.54) is 11.8 Å². The molecule has 3 heterocycles. The van der Waals surface area contributed by atoms with Gasteiger partial charge in [0.05, 0.1) is 17.8 Å². The van der Waals surface area contributed by atoms with Crippen molar-refractivity contribution in [3.05, 3.63) is 12.4 Å². The number of carbonyl (C=O) groups excluding carboxylic acids is 1. The average molecular weight is 395 g/mol. The van der Waals surface area contributed by atoms with Crippen molar-refractivity contribution in [2.24, 2.45) is 0 Å². The zero-order chi connectivity index (χ0) is 19.8. The smallest absolute Gasteiger partial charge is 0.399 e. The number of hydrogen-bond acceptors (Lipinski definition) is 8. The van der Waals surface area contributed by atoms with E-state index in [-0.39, 0.29) is 5.25 Å². The van der Waals surface area contributed by atoms with Crippen molar-refractivity contribution >= 4 is 30.3 Å². The number of likely N-dealkylation sites (tertiary alicyclic amines) is 1. The van der Waals surface area contributed by atoms with Gasteiger partial charge in [-0.05, 0) is 34.1 Å². The molecule has 0 aromatic carbocycles. The van der Waals surface area contributed by atoms with Crippen LogP contribution in [0.4, 0.5) is 0 Å². The second-order valence-electron chi connectivity index (χ2n) is 7.90. The van der Waals surface area contributed by atoms with Crippen LogP contribution in [0, 0.1) is 0 Å². The Labute approximate surface area is 163 Å². The number of aliphatic hydroxyl groups excluding tert-OH is 2. The predicted molar refractivity (Wildman–Crippen MR) is 102 cm³/mol. The molecule has 0 radical (unpaired) electrons. The first-order valence-corrected chi connectivity index (χ1v) is 9.93. The summed E-state index contributed by atoms with van der Waals surface area (Å²) in [6.07, 6.45) is 2.87. The van der Waals surface area contributed by atoms with E-state index >= 15 is 0 Å². The maximum atomic E-state index is 11.9. The Kier molecular flexibility index (Phi) is 5.84. The van der Waals surface area contributed by atoms with Gasteiger partial charge in [-0.15, -0.1) is 0 Å². The maximum Gasteiger partial charge on any atom is 0.498 e. The quantitative estimate of drug-likeness (QED) is 0.523. The first-order chi connectivity index (χ1) is 12.6. The van der Waals surface area contributed by atoms with Gasteiger partial charge in [0.1, 0.15) is 0 Å². The zero-order valence-corrected chi connectivity index (χ0v) is 16.9. The molecule has 2 aliphatic rings. The second kappa shape index (κ2) is 7.67. The van der Waals surface area contributed by atoms with E-state index in [0.717, 1.165) is 11.9 Å². The fourth-order valence-electron chi connectivity index (χ4n) is 2.95. The van der Waals surface area contributed by atoms with Gasteiger partial charge in [-0.3, -0.25) is 4.79 Å². The molecule has 1 amide bonds. The van der Waals surface area contributed by atoms with E-state index in [0.29, 0.717) is 18.2 Å². The largest absolute Gasteiger partial charge is 0.498 e. The number of aromatic nitrogens is 2. The minimum atomic E-state index is -1.34. The molecular weight excluding hydrogens is 369 g/mol. The highest BCUT2D eigenvalue weighted by atomic mass is 32.2. The minimum Gasteiger partial charge on any atom is -0.399 e. The third-order valence-electron chi connectivity index (χ3n) is 5.36. The third kappa shape index (κ3) is 4.29. The Morgan fingerprint density at radius 2 is 1.93 bits per heavy atom. The number of rotatable bonds is 5. The van der Waals surface area contributed by atoms with Crippen molar-refractivity contribution in [1.82, 2.24) is 14.9 Å². The van der Waals surface area contributed by atoms with E-state index < -0.39 is 36.9 Å². The van der Waals surface area contributed by atoms with Crippen LogP contribution in [0.1, 0.15) is 34.1 Å². The van der Waals surface area contributed by atoms with E-state index in [1.54, 1.807) is 17.3 Å². The molecule has 1 aromatic rings. The summed E-state index contributed by atoms with van der Waals surface area (Å²) < 4.78 is 12.0. The zero-order valence-electron chi connectivity index (χ0n) is 16.1. The van der Waals surface area contributed by atoms with E-state index in [2.05, 4.69) is 9.97 Å². The van der Waals surface area contributed by atoms with Crippen LogP contribution in [-0.4, -0.2) is 80.4 Å². The van der Waals surface area contributed by atoms with Crippen LogP contribution in [0.3, 0.4) is 0 Å². The van der Waals surface area contributed by atoms with Crippen molar-refractivity contribution in [2.45, 2.75) is 61.8 Å². The highest BCUT2D eigenvalue weighted by Crippen LogP contribution is 2.36. The first kappa shape index (κ1) is 20.5. The van der Waals surface area contributed by atoms with Crippen molar-refractivity contribution < 1.29 is 24.3 Å². The summed E-state index contributed by atoms with van der Waals surface area (Å²) in [5.41, 5.74) is -0.0546. The summed E-state index contributed by atoms with van der Waals surface area (Å²) in [7, 11) is -0.492. The summed E-state index contributed by atoms with van der Waals surface area (Å²) in [5.74, 6) is -0.433. The lowest BCUT2D eigenvalue weighted by molar-refractivity contribution is -0.140. The fraction of sp³-hybridized carbons (Fsp3) is 0.706. The lowest BCUT2D eigenvalue weighted by Gasteiger charge is -2.32. The summed E-state index contributed by atoms with van der Waals surface area (Å²) >= 11 is 1.50. The van der Waals surface area contributed by atoms with Crippen LogP contribution in [-0.2, 0) is 14.1 Å². The van der Waals surface area contributed by atoms with Gasteiger partial charge in [0.25, 0.3) is 5.91 Å². The van der Waals surface area contributed by atoms with E-state index in [9.17, 15) is 9.90 Å². The van der Waals surface area contributed by atoms with Gasteiger partial charge >= 0.3 is 7.12 Å². The van der Waals surface area contributed by atoms with Crippen LogP contribution in [0.2, 0.25) is 0 Å². The number of hydrogen-bond donors (Lipinski definition) is 2. The Balaban J connectivity index is 1.57. The van der Waals surface area contributed by atoms with Gasteiger partial charge in [-0.2, -0.15) is 0 Å². The Morgan fingerprint density at radius 1 is 1.33 bits per heavy atom. The number of carbonyl (C=O) groups is 1. The third-order valence-corrected chi connectivity index (χ3v) is 6.50. The summed E-state index contributed by atoms with van der Waals surface area (Å²) in [4.78, 5) is 22.3. The molecule has 0 saturated carbocycles. The topological polar surface area (TPSA) is 105 Å². The molecule has 27 heavy (non-hydrogen) atoms. The fourth-order valence-corrected chi connectivity index (χ4v) is 3.95. The molecule has 0 spiro atoms.